The van der Waals surface area contributed by atoms with Crippen LogP contribution in [-0.2, 0) is 4.79 Å². The molecule has 1 aromatic carbocycles. The van der Waals surface area contributed by atoms with E-state index in [0.717, 1.165) is 24.1 Å². The van der Waals surface area contributed by atoms with Crippen molar-refractivity contribution in [3.8, 4) is 0 Å². The third kappa shape index (κ3) is 4.15. The van der Waals surface area contributed by atoms with Gasteiger partial charge in [0.25, 0.3) is 0 Å². The fraction of sp³-hybridized carbons (Fsp3) is 0.533. The monoisotopic (exact) mass is 246 g/mol. The van der Waals surface area contributed by atoms with Gasteiger partial charge in [-0.1, -0.05) is 25.1 Å². The maximum atomic E-state index is 11.8. The van der Waals surface area contributed by atoms with Crippen LogP contribution in [0.5, 0.6) is 0 Å². The number of hydrogen-bond acceptors (Lipinski definition) is 2. The lowest BCUT2D eigenvalue weighted by molar-refractivity contribution is -0.116. The first-order valence-electron chi connectivity index (χ1n) is 6.73. The molecule has 98 valence electrons. The Morgan fingerprint density at radius 1 is 1.39 bits per heavy atom. The molecule has 1 fully saturated rings. The SMILES string of the molecule is CC(CC(=O)Nc1ccccc1)NCC1CC1C. The summed E-state index contributed by atoms with van der Waals surface area (Å²) in [7, 11) is 0. The largest absolute Gasteiger partial charge is 0.326 e. The van der Waals surface area contributed by atoms with E-state index in [0.29, 0.717) is 6.42 Å². The molecule has 3 heteroatoms. The van der Waals surface area contributed by atoms with Gasteiger partial charge in [-0.25, -0.2) is 0 Å². The highest BCUT2D eigenvalue weighted by Crippen LogP contribution is 2.36. The molecule has 18 heavy (non-hydrogen) atoms. The van der Waals surface area contributed by atoms with Gasteiger partial charge in [0.05, 0.1) is 0 Å². The Morgan fingerprint density at radius 3 is 2.67 bits per heavy atom. The summed E-state index contributed by atoms with van der Waals surface area (Å²) in [6, 6.07) is 9.83. The van der Waals surface area contributed by atoms with Gasteiger partial charge in [0.15, 0.2) is 0 Å². The van der Waals surface area contributed by atoms with Crippen LogP contribution >= 0.6 is 0 Å². The topological polar surface area (TPSA) is 41.1 Å². The summed E-state index contributed by atoms with van der Waals surface area (Å²) in [5.74, 6) is 1.76. The van der Waals surface area contributed by atoms with Crippen LogP contribution < -0.4 is 10.6 Å². The lowest BCUT2D eigenvalue weighted by atomic mass is 10.2. The normalized spacial score (nSPS) is 23.4. The number of carbonyl (C=O) groups excluding carboxylic acids is 1. The molecule has 0 spiro atoms. The Balaban J connectivity index is 1.67. The van der Waals surface area contributed by atoms with E-state index in [-0.39, 0.29) is 11.9 Å². The predicted molar refractivity (Wildman–Crippen MR) is 74.4 cm³/mol. The minimum atomic E-state index is 0.0741. The van der Waals surface area contributed by atoms with E-state index < -0.39 is 0 Å². The zero-order valence-corrected chi connectivity index (χ0v) is 11.1. The Bertz CT molecular complexity index is 391. The molecule has 2 N–H and O–H groups in total. The smallest absolute Gasteiger partial charge is 0.225 e. The minimum Gasteiger partial charge on any atom is -0.326 e. The maximum absolute atomic E-state index is 11.8. The van der Waals surface area contributed by atoms with E-state index in [1.165, 1.54) is 6.42 Å². The van der Waals surface area contributed by atoms with E-state index in [1.807, 2.05) is 30.3 Å². The molecule has 0 heterocycles. The van der Waals surface area contributed by atoms with E-state index in [9.17, 15) is 4.79 Å². The molecule has 0 saturated heterocycles. The molecule has 2 rings (SSSR count). The Labute approximate surface area is 109 Å². The number of para-hydroxylation sites is 1. The summed E-state index contributed by atoms with van der Waals surface area (Å²) in [6.07, 6.45) is 1.85. The maximum Gasteiger partial charge on any atom is 0.225 e. The van der Waals surface area contributed by atoms with Crippen molar-refractivity contribution in [2.75, 3.05) is 11.9 Å². The molecule has 0 aliphatic heterocycles. The molecule has 0 radical (unpaired) electrons. The van der Waals surface area contributed by atoms with Crippen molar-refractivity contribution in [2.24, 2.45) is 11.8 Å². The van der Waals surface area contributed by atoms with Gasteiger partial charge in [0.1, 0.15) is 0 Å². The van der Waals surface area contributed by atoms with Gasteiger partial charge < -0.3 is 10.6 Å². The molecule has 1 saturated carbocycles. The summed E-state index contributed by atoms with van der Waals surface area (Å²) >= 11 is 0. The number of amides is 1. The van der Waals surface area contributed by atoms with Crippen LogP contribution in [0.25, 0.3) is 0 Å². The number of anilines is 1. The first-order valence-corrected chi connectivity index (χ1v) is 6.73. The fourth-order valence-corrected chi connectivity index (χ4v) is 2.12. The average molecular weight is 246 g/mol. The predicted octanol–water partition coefficient (Wildman–Crippen LogP) is 2.65. The number of benzene rings is 1. The highest BCUT2D eigenvalue weighted by molar-refractivity contribution is 5.90. The highest BCUT2D eigenvalue weighted by Gasteiger charge is 2.32. The number of carbonyl (C=O) groups is 1. The van der Waals surface area contributed by atoms with Gasteiger partial charge >= 0.3 is 0 Å². The second-order valence-corrected chi connectivity index (χ2v) is 5.40. The molecular weight excluding hydrogens is 224 g/mol. The van der Waals surface area contributed by atoms with Gasteiger partial charge in [0, 0.05) is 18.2 Å². The molecule has 0 aromatic heterocycles. The van der Waals surface area contributed by atoms with E-state index in [1.54, 1.807) is 0 Å². The van der Waals surface area contributed by atoms with Crippen molar-refractivity contribution in [2.45, 2.75) is 32.7 Å². The minimum absolute atomic E-state index is 0.0741. The van der Waals surface area contributed by atoms with Crippen LogP contribution in [0.2, 0.25) is 0 Å². The third-order valence-electron chi connectivity index (χ3n) is 3.55. The van der Waals surface area contributed by atoms with E-state index in [4.69, 9.17) is 0 Å². The molecule has 1 aromatic rings. The summed E-state index contributed by atoms with van der Waals surface area (Å²) in [6.45, 7) is 5.39. The van der Waals surface area contributed by atoms with Crippen LogP contribution in [-0.4, -0.2) is 18.5 Å². The Hall–Kier alpha value is -1.35. The summed E-state index contributed by atoms with van der Waals surface area (Å²) in [5, 5.41) is 6.34. The van der Waals surface area contributed by atoms with E-state index >= 15 is 0 Å². The second kappa shape index (κ2) is 6.01. The van der Waals surface area contributed by atoms with Crippen molar-refractivity contribution < 1.29 is 4.79 Å². The molecule has 1 amide bonds. The van der Waals surface area contributed by atoms with Crippen LogP contribution in [0, 0.1) is 11.8 Å². The molecule has 1 aliphatic carbocycles. The third-order valence-corrected chi connectivity index (χ3v) is 3.55. The van der Waals surface area contributed by atoms with Gasteiger partial charge in [-0.05, 0) is 43.9 Å². The van der Waals surface area contributed by atoms with Gasteiger partial charge in [-0.15, -0.1) is 0 Å². The van der Waals surface area contributed by atoms with Crippen molar-refractivity contribution in [1.29, 1.82) is 0 Å². The van der Waals surface area contributed by atoms with Crippen LogP contribution in [0.3, 0.4) is 0 Å². The first kappa shape index (κ1) is 13.1. The van der Waals surface area contributed by atoms with Crippen LogP contribution in [0.4, 0.5) is 5.69 Å². The number of hydrogen-bond donors (Lipinski definition) is 2. The van der Waals surface area contributed by atoms with Crippen molar-refractivity contribution in [3.63, 3.8) is 0 Å². The van der Waals surface area contributed by atoms with Crippen molar-refractivity contribution >= 4 is 11.6 Å². The van der Waals surface area contributed by atoms with Gasteiger partial charge in [-0.2, -0.15) is 0 Å². The van der Waals surface area contributed by atoms with Gasteiger partial charge in [0.2, 0.25) is 5.91 Å². The Morgan fingerprint density at radius 2 is 2.06 bits per heavy atom. The molecule has 3 unspecified atom stereocenters. The lowest BCUT2D eigenvalue weighted by Gasteiger charge is -2.13. The molecule has 1 aliphatic rings. The average Bonchev–Trinajstić information content (AvgIpc) is 3.04. The quantitative estimate of drug-likeness (QED) is 0.810. The standard InChI is InChI=1S/C15H22N2O/c1-11-8-13(11)10-16-12(2)9-15(18)17-14-6-4-3-5-7-14/h3-7,11-13,16H,8-10H2,1-2H3,(H,17,18). The lowest BCUT2D eigenvalue weighted by Crippen LogP contribution is -2.32. The zero-order chi connectivity index (χ0) is 13.0. The highest BCUT2D eigenvalue weighted by atomic mass is 16.1. The van der Waals surface area contributed by atoms with E-state index in [2.05, 4.69) is 24.5 Å². The van der Waals surface area contributed by atoms with Crippen LogP contribution in [0.1, 0.15) is 26.7 Å². The van der Waals surface area contributed by atoms with Gasteiger partial charge in [-0.3, -0.25) is 4.79 Å². The summed E-state index contributed by atoms with van der Waals surface area (Å²) < 4.78 is 0. The molecule has 3 atom stereocenters. The van der Waals surface area contributed by atoms with Crippen molar-refractivity contribution in [3.05, 3.63) is 30.3 Å². The number of rotatable bonds is 6. The van der Waals surface area contributed by atoms with Crippen molar-refractivity contribution in [1.82, 2.24) is 5.32 Å². The molecular formula is C15H22N2O. The Kier molecular flexibility index (Phi) is 4.37. The van der Waals surface area contributed by atoms with Crippen LogP contribution in [0.15, 0.2) is 30.3 Å². The zero-order valence-electron chi connectivity index (χ0n) is 11.1. The fourth-order valence-electron chi connectivity index (χ4n) is 2.12. The summed E-state index contributed by atoms with van der Waals surface area (Å²) in [4.78, 5) is 11.8. The molecule has 3 nitrogen and oxygen atoms in total. The first-order chi connectivity index (χ1) is 8.65. The molecule has 0 bridgehead atoms. The number of nitrogens with one attached hydrogen (secondary N) is 2. The summed E-state index contributed by atoms with van der Waals surface area (Å²) in [5.41, 5.74) is 0.866. The second-order valence-electron chi connectivity index (χ2n) is 5.40.